The Balaban J connectivity index is 0.000000184. The number of nitrogens with two attached hydrogens (primary N) is 2. The van der Waals surface area contributed by atoms with Crippen LogP contribution in [0.4, 0.5) is 36.4 Å². The zero-order valence-electron chi connectivity index (χ0n) is 60.7. The van der Waals surface area contributed by atoms with Gasteiger partial charge in [0.1, 0.15) is 78.7 Å². The molecule has 6 aliphatic heterocycles. The number of rotatable bonds is 17. The van der Waals surface area contributed by atoms with Crippen LogP contribution in [-0.2, 0) is 77.7 Å². The monoisotopic (exact) mass is 1510 g/mol. The van der Waals surface area contributed by atoms with Crippen molar-refractivity contribution < 1.29 is 81.5 Å². The summed E-state index contributed by atoms with van der Waals surface area (Å²) in [6.07, 6.45) is 2.89. The first-order chi connectivity index (χ1) is 48.0. The number of hydrogen-bond acceptors (Lipinski definition) is 21. The molecule has 31 heteroatoms. The fourth-order valence-electron chi connectivity index (χ4n) is 14.2. The molecular formula is C73H89F7N10O11S3. The van der Waals surface area contributed by atoms with Gasteiger partial charge in [0.05, 0.1) is 79.7 Å². The number of hydrogen-bond donors (Lipinski definition) is 2. The van der Waals surface area contributed by atoms with E-state index in [4.69, 9.17) is 30.9 Å². The Morgan fingerprint density at radius 2 is 0.817 bits per heavy atom. The van der Waals surface area contributed by atoms with Crippen LogP contribution < -0.4 is 20.9 Å². The number of halogens is 7. The lowest BCUT2D eigenvalue weighted by atomic mass is 9.84. The molecule has 0 amide bonds. The van der Waals surface area contributed by atoms with Crippen molar-refractivity contribution in [2.75, 3.05) is 25.4 Å². The van der Waals surface area contributed by atoms with E-state index in [1.54, 1.807) is 110 Å². The lowest BCUT2D eigenvalue weighted by Crippen LogP contribution is -2.58. The fourth-order valence-corrected chi connectivity index (χ4v) is 23.9. The summed E-state index contributed by atoms with van der Waals surface area (Å²) in [6.45, 7) is 21.4. The molecule has 0 spiro atoms. The first kappa shape index (κ1) is 79.9. The maximum atomic E-state index is 15.5. The van der Waals surface area contributed by atoms with E-state index in [9.17, 15) is 53.8 Å². The molecule has 564 valence electrons. The van der Waals surface area contributed by atoms with Crippen molar-refractivity contribution in [1.29, 1.82) is 0 Å². The van der Waals surface area contributed by atoms with Gasteiger partial charge >= 0.3 is 25.2 Å². The van der Waals surface area contributed by atoms with Crippen molar-refractivity contribution in [3.8, 4) is 11.5 Å². The van der Waals surface area contributed by atoms with Crippen molar-refractivity contribution in [2.45, 2.75) is 220 Å². The molecule has 3 aromatic carbocycles. The van der Waals surface area contributed by atoms with Gasteiger partial charge in [-0.1, -0.05) is 12.1 Å². The van der Waals surface area contributed by atoms with Crippen LogP contribution in [0.25, 0.3) is 0 Å². The highest BCUT2D eigenvalue weighted by atomic mass is 32.2. The van der Waals surface area contributed by atoms with Gasteiger partial charge in [0, 0.05) is 66.3 Å². The van der Waals surface area contributed by atoms with Crippen LogP contribution in [0.15, 0.2) is 119 Å². The van der Waals surface area contributed by atoms with Crippen LogP contribution in [0.2, 0.25) is 0 Å². The Kier molecular flexibility index (Phi) is 22.2. The fraction of sp³-hybridized carbons (Fsp3) is 0.521. The molecule has 0 saturated heterocycles. The van der Waals surface area contributed by atoms with Gasteiger partial charge < -0.3 is 30.4 Å². The third kappa shape index (κ3) is 15.6. The van der Waals surface area contributed by atoms with E-state index in [0.29, 0.717) is 67.1 Å². The topological polar surface area (TPSA) is 308 Å². The molecule has 0 saturated carbocycles. The molecule has 0 aliphatic carbocycles. The summed E-state index contributed by atoms with van der Waals surface area (Å²) < 4.78 is 167. The van der Waals surface area contributed by atoms with Gasteiger partial charge in [-0.15, -0.1) is 0 Å². The van der Waals surface area contributed by atoms with Crippen LogP contribution in [0, 0.1) is 17.5 Å². The number of ether oxygens (including phenoxy) is 4. The summed E-state index contributed by atoms with van der Waals surface area (Å²) in [4.78, 5) is 73.3. The number of esters is 2. The van der Waals surface area contributed by atoms with Crippen molar-refractivity contribution >= 4 is 75.6 Å². The molecular weight excluding hydrogens is 1420 g/mol. The maximum absolute atomic E-state index is 15.5. The Morgan fingerprint density at radius 1 is 0.481 bits per heavy atom. The molecule has 0 radical (unpaired) electrons. The van der Waals surface area contributed by atoms with E-state index in [0.717, 1.165) is 12.4 Å². The molecule has 0 fully saturated rings. The van der Waals surface area contributed by atoms with Gasteiger partial charge in [-0.05, 0) is 201 Å². The second kappa shape index (κ2) is 28.9. The Morgan fingerprint density at radius 3 is 1.15 bits per heavy atom. The van der Waals surface area contributed by atoms with Crippen LogP contribution in [0.3, 0.4) is 0 Å². The number of pyridine rings is 2. The molecule has 0 unspecified atom stereocenters. The van der Waals surface area contributed by atoms with E-state index >= 15 is 8.78 Å². The number of aromatic nitrogens is 2. The number of nitrogens with zero attached hydrogens (tertiary/aromatic N) is 8. The number of ketones is 2. The van der Waals surface area contributed by atoms with Crippen molar-refractivity contribution in [2.24, 2.45) is 33.8 Å². The molecule has 5 aromatic rings. The normalized spacial score (nSPS) is 27.6. The zero-order chi connectivity index (χ0) is 77.1. The van der Waals surface area contributed by atoms with Gasteiger partial charge in [0.15, 0.2) is 11.6 Å². The number of benzene rings is 3. The van der Waals surface area contributed by atoms with Crippen molar-refractivity contribution in [3.05, 3.63) is 148 Å². The summed E-state index contributed by atoms with van der Waals surface area (Å²) in [5, 5.41) is -1.63. The predicted molar refractivity (Wildman–Crippen MR) is 385 cm³/mol. The summed E-state index contributed by atoms with van der Waals surface area (Å²) in [6, 6.07) is 17.8. The van der Waals surface area contributed by atoms with Crippen LogP contribution >= 0.6 is 0 Å². The van der Waals surface area contributed by atoms with Gasteiger partial charge in [-0.25, -0.2) is 48.9 Å². The van der Waals surface area contributed by atoms with E-state index in [2.05, 4.69) is 37.5 Å². The second-order valence-corrected chi connectivity index (χ2v) is 39.2. The molecule has 8 heterocycles. The van der Waals surface area contributed by atoms with E-state index in [-0.39, 0.29) is 71.1 Å². The maximum Gasteiger partial charge on any atom is 0.387 e. The lowest BCUT2D eigenvalue weighted by Gasteiger charge is -2.46. The molecule has 21 nitrogen and oxygen atoms in total. The van der Waals surface area contributed by atoms with E-state index in [1.807, 2.05) is 0 Å². The Labute approximate surface area is 602 Å². The average molecular weight is 1510 g/mol. The molecule has 11 rings (SSSR count). The standard InChI is InChI=1S/C29H34F3N3O5S.C23H25F3N4O3S.C21H30FN3O3S/c1-27(2,3)40-25(37)15-23-28(4,5)41(38)24(11-12-34-41)29(6,35-23)19-13-17(7-9-20(19)30)14-22(36)21-10-8-18(16-33-21)39-26(31)32;1-22(2)20(27)30-23(3,19-8-9-29-34(19,22)32)15-10-13(4-6-16(15)24)11-18(31)17-7-5-14(12-28-17)33-21(25)26;1-19(2,3)28-18(26)12-16-20(4,5)29(27)17(9-10-24-29)21(6,25-16)14-11-13(23)7-8-15(14)22/h7-10,13,16,24,26H,11-12,14-15H2,1-6H3;4-7,10,12,19,21H,8-9,11H2,1-3H3,(H2,27,30);7-8,11,17H,9-10,12,23H2,1-6H3/t24-,29+,41+;19-,23+,34+;17-,21+,29+/m000/s1. The third-order valence-corrected chi connectivity index (χ3v) is 30.9. The van der Waals surface area contributed by atoms with Gasteiger partial charge in [-0.2, -0.15) is 17.6 Å². The van der Waals surface area contributed by atoms with Gasteiger partial charge in [0.2, 0.25) is 0 Å². The zero-order valence-corrected chi connectivity index (χ0v) is 63.2. The minimum Gasteiger partial charge on any atom is -0.460 e. The summed E-state index contributed by atoms with van der Waals surface area (Å²) in [5.41, 5.74) is 9.86. The molecule has 9 atom stereocenters. The second-order valence-electron chi connectivity index (χ2n) is 30.3. The molecule has 4 N–H and O–H groups in total. The first-order valence-electron chi connectivity index (χ1n) is 33.7. The average Bonchev–Trinajstić information content (AvgIpc) is 1.40. The number of nitrogen functional groups attached to an aromatic ring is 1. The molecule has 2 aromatic heterocycles. The quantitative estimate of drug-likeness (QED) is 0.0378. The highest BCUT2D eigenvalue weighted by Crippen LogP contribution is 2.52. The molecule has 6 aliphatic rings. The van der Waals surface area contributed by atoms with Crippen LogP contribution in [0.5, 0.6) is 11.5 Å². The predicted octanol–water partition coefficient (Wildman–Crippen LogP) is 13.3. The number of carbonyl (C=O) groups excluding carboxylic acids is 4. The number of carbonyl (C=O) groups is 4. The SMILES string of the molecule is CC(C)(C)OC(=O)CC1=N[C@](C)(c2cc(CC(=O)c3ccc(OC(F)F)cn3)ccc2F)[C@@H]2CCN=[S@]2(=O)C1(C)C.CC(C)(C)OC(=O)CC1=N[C@](C)(c2cc(N)ccc2F)[C@@H]2CCN=[S@]2(=O)C1(C)C.CC1(C)C(N)=N[C@](C)(c2cc(CC(=O)c3ccc(OC(F)F)cn3)ccc2F)[C@@H]2CCN=[S@@]21=O. The number of amidine groups is 1. The highest BCUT2D eigenvalue weighted by molar-refractivity contribution is 7.97. The first-order valence-corrected chi connectivity index (χ1v) is 38.4. The van der Waals surface area contributed by atoms with Gasteiger partial charge in [-0.3, -0.25) is 34.2 Å². The highest BCUT2D eigenvalue weighted by Gasteiger charge is 2.60. The van der Waals surface area contributed by atoms with E-state index < -0.39 is 141 Å². The lowest BCUT2D eigenvalue weighted by molar-refractivity contribution is -0.154. The van der Waals surface area contributed by atoms with Crippen molar-refractivity contribution in [3.63, 3.8) is 0 Å². The van der Waals surface area contributed by atoms with Gasteiger partial charge in [0.25, 0.3) is 0 Å². The number of Topliss-reactive ketones (excluding diaryl/α,β-unsaturated/α-hetero) is 2. The Hall–Kier alpha value is -8.19. The number of fused-ring (bicyclic) bond motifs is 3. The minimum atomic E-state index is -3.02. The largest absolute Gasteiger partial charge is 0.460 e. The number of anilines is 1. The number of alkyl halides is 4. The number of aliphatic imine (C=N–C) groups is 3. The molecule has 104 heavy (non-hydrogen) atoms. The van der Waals surface area contributed by atoms with E-state index in [1.165, 1.54) is 72.8 Å². The minimum absolute atomic E-state index is 0.0263. The summed E-state index contributed by atoms with van der Waals surface area (Å²) >= 11 is 0. The van der Waals surface area contributed by atoms with Crippen LogP contribution in [0.1, 0.15) is 185 Å². The molecule has 0 bridgehead atoms. The summed E-state index contributed by atoms with van der Waals surface area (Å²) in [5.74, 6) is -3.60. The smallest absolute Gasteiger partial charge is 0.387 e. The Bertz CT molecular complexity index is 4720. The third-order valence-electron chi connectivity index (χ3n) is 19.7. The van der Waals surface area contributed by atoms with Crippen LogP contribution in [-0.4, -0.2) is 137 Å². The summed E-state index contributed by atoms with van der Waals surface area (Å²) in [7, 11) is -8.64. The van der Waals surface area contributed by atoms with Crippen molar-refractivity contribution in [1.82, 2.24) is 9.97 Å².